The molecule has 0 spiro atoms. The number of aliphatic carboxylic acids is 1. The Morgan fingerprint density at radius 2 is 2.00 bits per heavy atom. The van der Waals surface area contributed by atoms with E-state index in [2.05, 4.69) is 5.10 Å². The zero-order valence-corrected chi connectivity index (χ0v) is 14.9. The topological polar surface area (TPSA) is 75.4 Å². The van der Waals surface area contributed by atoms with Crippen LogP contribution in [0.3, 0.4) is 0 Å². The van der Waals surface area contributed by atoms with E-state index in [0.29, 0.717) is 31.7 Å². The lowest BCUT2D eigenvalue weighted by Crippen LogP contribution is -2.40. The van der Waals surface area contributed by atoms with Crippen molar-refractivity contribution in [1.82, 2.24) is 14.7 Å². The molecule has 1 amide bonds. The van der Waals surface area contributed by atoms with Crippen molar-refractivity contribution >= 4 is 11.9 Å². The Bertz CT molecular complexity index is 742. The van der Waals surface area contributed by atoms with Gasteiger partial charge in [0.2, 0.25) is 5.91 Å². The van der Waals surface area contributed by atoms with Crippen LogP contribution in [0.1, 0.15) is 37.7 Å². The molecule has 1 fully saturated rings. The molecule has 138 valence electrons. The summed E-state index contributed by atoms with van der Waals surface area (Å²) in [4.78, 5) is 25.1. The Kier molecular flexibility index (Phi) is 6.04. The minimum absolute atomic E-state index is 0.150. The van der Waals surface area contributed by atoms with Gasteiger partial charge in [-0.1, -0.05) is 18.2 Å². The van der Waals surface area contributed by atoms with Crippen LogP contribution in [-0.2, 0) is 16.0 Å². The first-order valence-electron chi connectivity index (χ1n) is 9.20. The summed E-state index contributed by atoms with van der Waals surface area (Å²) >= 11 is 0. The zero-order chi connectivity index (χ0) is 18.4. The summed E-state index contributed by atoms with van der Waals surface area (Å²) in [5.41, 5.74) is 2.05. The van der Waals surface area contributed by atoms with E-state index in [1.54, 1.807) is 0 Å². The second kappa shape index (κ2) is 8.65. The molecule has 1 aliphatic rings. The van der Waals surface area contributed by atoms with E-state index in [4.69, 9.17) is 5.11 Å². The zero-order valence-electron chi connectivity index (χ0n) is 14.9. The molecule has 2 heterocycles. The Hall–Kier alpha value is -2.63. The smallest absolute Gasteiger partial charge is 0.303 e. The minimum Gasteiger partial charge on any atom is -0.481 e. The van der Waals surface area contributed by atoms with Gasteiger partial charge in [0.05, 0.1) is 11.9 Å². The molecule has 3 rings (SSSR count). The van der Waals surface area contributed by atoms with Gasteiger partial charge in [-0.05, 0) is 49.3 Å². The summed E-state index contributed by atoms with van der Waals surface area (Å²) < 4.78 is 1.82. The average Bonchev–Trinajstić information content (AvgIpc) is 3.14. The molecule has 1 atom stereocenters. The Balaban J connectivity index is 1.49. The Morgan fingerprint density at radius 1 is 1.19 bits per heavy atom. The van der Waals surface area contributed by atoms with Crippen molar-refractivity contribution in [1.29, 1.82) is 0 Å². The number of rotatable bonds is 7. The van der Waals surface area contributed by atoms with E-state index in [1.807, 2.05) is 52.3 Å². The monoisotopic (exact) mass is 355 g/mol. The molecule has 1 aromatic carbocycles. The first-order valence-corrected chi connectivity index (χ1v) is 9.20. The number of carbonyl (C=O) groups excluding carboxylic acids is 1. The number of aromatic nitrogens is 2. The normalized spacial score (nSPS) is 17.2. The van der Waals surface area contributed by atoms with Crippen molar-refractivity contribution in [2.75, 3.05) is 13.1 Å². The van der Waals surface area contributed by atoms with Crippen molar-refractivity contribution in [2.24, 2.45) is 5.92 Å². The van der Waals surface area contributed by atoms with Gasteiger partial charge >= 0.3 is 5.97 Å². The molecular formula is C20H25N3O3. The van der Waals surface area contributed by atoms with E-state index >= 15 is 0 Å². The summed E-state index contributed by atoms with van der Waals surface area (Å²) in [6, 6.07) is 9.89. The van der Waals surface area contributed by atoms with Gasteiger partial charge in [0.25, 0.3) is 0 Å². The number of benzene rings is 1. The third-order valence-corrected chi connectivity index (χ3v) is 4.92. The molecule has 26 heavy (non-hydrogen) atoms. The number of carboxylic acids is 1. The third-order valence-electron chi connectivity index (χ3n) is 4.92. The van der Waals surface area contributed by atoms with Crippen LogP contribution in [0.5, 0.6) is 0 Å². The Labute approximate surface area is 153 Å². The lowest BCUT2D eigenvalue weighted by atomic mass is 9.93. The van der Waals surface area contributed by atoms with Crippen LogP contribution < -0.4 is 0 Å². The first kappa shape index (κ1) is 18.2. The summed E-state index contributed by atoms with van der Waals surface area (Å²) in [6.45, 7) is 1.47. The average molecular weight is 355 g/mol. The van der Waals surface area contributed by atoms with Gasteiger partial charge in [-0.15, -0.1) is 0 Å². The quantitative estimate of drug-likeness (QED) is 0.829. The molecule has 1 N–H and O–H groups in total. The van der Waals surface area contributed by atoms with Gasteiger partial charge in [0.15, 0.2) is 0 Å². The first-order chi connectivity index (χ1) is 12.6. The molecule has 2 aromatic rings. The van der Waals surface area contributed by atoms with E-state index < -0.39 is 5.97 Å². The van der Waals surface area contributed by atoms with Crippen LogP contribution in [0.15, 0.2) is 42.7 Å². The van der Waals surface area contributed by atoms with Crippen LogP contribution in [0, 0.1) is 5.92 Å². The molecular weight excluding hydrogens is 330 g/mol. The minimum atomic E-state index is -0.760. The largest absolute Gasteiger partial charge is 0.481 e. The van der Waals surface area contributed by atoms with E-state index in [0.717, 1.165) is 30.6 Å². The molecule has 6 heteroatoms. The van der Waals surface area contributed by atoms with Crippen LogP contribution in [0.25, 0.3) is 5.69 Å². The van der Waals surface area contributed by atoms with Gasteiger partial charge in [-0.3, -0.25) is 9.59 Å². The second-order valence-electron chi connectivity index (χ2n) is 6.91. The predicted octanol–water partition coefficient (Wildman–Crippen LogP) is 2.91. The number of piperidine rings is 1. The van der Waals surface area contributed by atoms with Crippen molar-refractivity contribution in [3.8, 4) is 5.69 Å². The molecule has 1 aliphatic heterocycles. The number of likely N-dealkylation sites (tertiary alicyclic amines) is 1. The highest BCUT2D eigenvalue weighted by Gasteiger charge is 2.23. The van der Waals surface area contributed by atoms with Crippen LogP contribution in [0.4, 0.5) is 0 Å². The molecule has 0 saturated carbocycles. The maximum absolute atomic E-state index is 12.5. The maximum Gasteiger partial charge on any atom is 0.303 e. The SMILES string of the molecule is O=C(O)CC[C@H]1CCCN(C(=O)CCc2cnn(-c3ccccc3)c2)C1. The predicted molar refractivity (Wildman–Crippen MR) is 98.1 cm³/mol. The number of aryl methyl sites for hydroxylation is 1. The molecule has 0 radical (unpaired) electrons. The van der Waals surface area contributed by atoms with Gasteiger partial charge < -0.3 is 10.0 Å². The molecule has 0 aliphatic carbocycles. The van der Waals surface area contributed by atoms with Gasteiger partial charge in [-0.2, -0.15) is 5.10 Å². The molecule has 1 saturated heterocycles. The molecule has 6 nitrogen and oxygen atoms in total. The highest BCUT2D eigenvalue weighted by atomic mass is 16.4. The van der Waals surface area contributed by atoms with Crippen molar-refractivity contribution < 1.29 is 14.7 Å². The number of carbonyl (C=O) groups is 2. The lowest BCUT2D eigenvalue weighted by Gasteiger charge is -2.32. The molecule has 0 unspecified atom stereocenters. The number of para-hydroxylation sites is 1. The summed E-state index contributed by atoms with van der Waals surface area (Å²) in [7, 11) is 0. The standard InChI is InChI=1S/C20H25N3O3/c24-19(22-12-4-5-16(14-22)9-11-20(25)26)10-8-17-13-21-23(15-17)18-6-2-1-3-7-18/h1-3,6-7,13,15-16H,4-5,8-12,14H2,(H,25,26)/t16-/m1/s1. The maximum atomic E-state index is 12.5. The van der Waals surface area contributed by atoms with E-state index in [-0.39, 0.29) is 12.3 Å². The number of hydrogen-bond donors (Lipinski definition) is 1. The summed E-state index contributed by atoms with van der Waals surface area (Å²) in [5.74, 6) is -0.300. The fraction of sp³-hybridized carbons (Fsp3) is 0.450. The van der Waals surface area contributed by atoms with Crippen LogP contribution in [-0.4, -0.2) is 44.8 Å². The van der Waals surface area contributed by atoms with Gasteiger partial charge in [-0.25, -0.2) is 4.68 Å². The molecule has 0 bridgehead atoms. The fourth-order valence-corrected chi connectivity index (χ4v) is 3.48. The van der Waals surface area contributed by atoms with E-state index in [1.165, 1.54) is 0 Å². The number of amides is 1. The molecule has 1 aromatic heterocycles. The number of nitrogens with zero attached hydrogens (tertiary/aromatic N) is 3. The highest BCUT2D eigenvalue weighted by molar-refractivity contribution is 5.76. The fourth-order valence-electron chi connectivity index (χ4n) is 3.48. The van der Waals surface area contributed by atoms with Gasteiger partial charge in [0, 0.05) is 32.1 Å². The van der Waals surface area contributed by atoms with Crippen LogP contribution in [0.2, 0.25) is 0 Å². The van der Waals surface area contributed by atoms with Crippen LogP contribution >= 0.6 is 0 Å². The van der Waals surface area contributed by atoms with Gasteiger partial charge in [0.1, 0.15) is 0 Å². The summed E-state index contributed by atoms with van der Waals surface area (Å²) in [5, 5.41) is 13.2. The third kappa shape index (κ3) is 4.94. The van der Waals surface area contributed by atoms with Crippen molar-refractivity contribution in [2.45, 2.75) is 38.5 Å². The number of carboxylic acid groups (broad SMARTS) is 1. The summed E-state index contributed by atoms with van der Waals surface area (Å²) in [6.07, 6.45) is 7.73. The highest BCUT2D eigenvalue weighted by Crippen LogP contribution is 2.22. The van der Waals surface area contributed by atoms with Crippen molar-refractivity contribution in [3.05, 3.63) is 48.3 Å². The van der Waals surface area contributed by atoms with E-state index in [9.17, 15) is 9.59 Å². The Morgan fingerprint density at radius 3 is 2.77 bits per heavy atom. The number of hydrogen-bond acceptors (Lipinski definition) is 3. The van der Waals surface area contributed by atoms with Crippen molar-refractivity contribution in [3.63, 3.8) is 0 Å². The lowest BCUT2D eigenvalue weighted by molar-refractivity contribution is -0.137. The second-order valence-corrected chi connectivity index (χ2v) is 6.91.